The van der Waals surface area contributed by atoms with Crippen molar-refractivity contribution in [1.82, 2.24) is 5.32 Å². The van der Waals surface area contributed by atoms with Crippen LogP contribution in [-0.2, 0) is 4.79 Å². The van der Waals surface area contributed by atoms with Gasteiger partial charge in [0.2, 0.25) is 5.91 Å². The van der Waals surface area contributed by atoms with E-state index in [4.69, 9.17) is 4.74 Å². The van der Waals surface area contributed by atoms with Crippen LogP contribution in [0.3, 0.4) is 0 Å². The maximum absolute atomic E-state index is 10.9. The average Bonchev–Trinajstić information content (AvgIpc) is 2.77. The summed E-state index contributed by atoms with van der Waals surface area (Å²) >= 11 is 1.31. The van der Waals surface area contributed by atoms with Crippen molar-refractivity contribution in [3.63, 3.8) is 0 Å². The SMILES string of the molecule is COc1cc(/C=N\N=C2/NC(=O)CS2)ccc1O. The topological polar surface area (TPSA) is 83.3 Å². The zero-order valence-corrected chi connectivity index (χ0v) is 10.4. The van der Waals surface area contributed by atoms with Crippen LogP contribution in [0.2, 0.25) is 0 Å². The van der Waals surface area contributed by atoms with E-state index in [0.29, 0.717) is 16.7 Å². The Balaban J connectivity index is 2.07. The predicted molar refractivity (Wildman–Crippen MR) is 70.3 cm³/mol. The number of rotatable bonds is 3. The van der Waals surface area contributed by atoms with Crippen molar-refractivity contribution in [1.29, 1.82) is 0 Å². The van der Waals surface area contributed by atoms with Gasteiger partial charge in [0.1, 0.15) is 0 Å². The Kier molecular flexibility index (Phi) is 3.83. The number of amides is 1. The molecular weight excluding hydrogens is 254 g/mol. The summed E-state index contributed by atoms with van der Waals surface area (Å²) in [6.45, 7) is 0. The Morgan fingerprint density at radius 3 is 3.06 bits per heavy atom. The van der Waals surface area contributed by atoms with Crippen molar-refractivity contribution >= 4 is 29.1 Å². The standard InChI is InChI=1S/C11H11N3O3S/c1-17-9-4-7(2-3-8(9)15)5-12-14-11-13-10(16)6-18-11/h2-5,15H,6H2,1H3,(H,13,14,16)/b12-5-. The normalized spacial score (nSPS) is 17.4. The molecule has 6 nitrogen and oxygen atoms in total. The number of thioether (sulfide) groups is 1. The Morgan fingerprint density at radius 2 is 2.39 bits per heavy atom. The second kappa shape index (κ2) is 5.54. The van der Waals surface area contributed by atoms with Crippen molar-refractivity contribution < 1.29 is 14.6 Å². The number of phenols is 1. The number of methoxy groups -OCH3 is 1. The van der Waals surface area contributed by atoms with E-state index in [1.165, 1.54) is 31.2 Å². The van der Waals surface area contributed by atoms with E-state index in [-0.39, 0.29) is 11.7 Å². The van der Waals surface area contributed by atoms with Gasteiger partial charge < -0.3 is 15.2 Å². The van der Waals surface area contributed by atoms with E-state index in [1.807, 2.05) is 0 Å². The van der Waals surface area contributed by atoms with Crippen LogP contribution in [0.1, 0.15) is 5.56 Å². The van der Waals surface area contributed by atoms with Crippen molar-refractivity contribution in [2.75, 3.05) is 12.9 Å². The summed E-state index contributed by atoms with van der Waals surface area (Å²) in [6, 6.07) is 4.83. The highest BCUT2D eigenvalue weighted by Crippen LogP contribution is 2.25. The van der Waals surface area contributed by atoms with Crippen LogP contribution in [0.25, 0.3) is 0 Å². The van der Waals surface area contributed by atoms with Gasteiger partial charge in [0.05, 0.1) is 19.1 Å². The molecule has 0 atom stereocenters. The van der Waals surface area contributed by atoms with E-state index in [0.717, 1.165) is 5.56 Å². The summed E-state index contributed by atoms with van der Waals surface area (Å²) in [7, 11) is 1.47. The number of nitrogens with zero attached hydrogens (tertiary/aromatic N) is 2. The molecule has 1 aromatic carbocycles. The summed E-state index contributed by atoms with van der Waals surface area (Å²) < 4.78 is 4.97. The molecule has 1 aliphatic rings. The molecule has 1 fully saturated rings. The first kappa shape index (κ1) is 12.4. The maximum atomic E-state index is 10.9. The molecule has 0 aromatic heterocycles. The van der Waals surface area contributed by atoms with Crippen molar-refractivity contribution in [3.8, 4) is 11.5 Å². The number of nitrogens with one attached hydrogen (secondary N) is 1. The van der Waals surface area contributed by atoms with Crippen LogP contribution in [0.4, 0.5) is 0 Å². The first-order chi connectivity index (χ1) is 8.69. The van der Waals surface area contributed by atoms with Gasteiger partial charge in [-0.2, -0.15) is 5.10 Å². The van der Waals surface area contributed by atoms with Gasteiger partial charge in [-0.25, -0.2) is 0 Å². The summed E-state index contributed by atoms with van der Waals surface area (Å²) in [6.07, 6.45) is 1.51. The molecule has 0 saturated carbocycles. The van der Waals surface area contributed by atoms with Gasteiger partial charge in [0, 0.05) is 0 Å². The van der Waals surface area contributed by atoms with E-state index in [1.54, 1.807) is 12.1 Å². The molecule has 0 spiro atoms. The van der Waals surface area contributed by atoms with E-state index >= 15 is 0 Å². The molecular formula is C11H11N3O3S. The van der Waals surface area contributed by atoms with Gasteiger partial charge >= 0.3 is 0 Å². The minimum Gasteiger partial charge on any atom is -0.504 e. The van der Waals surface area contributed by atoms with Gasteiger partial charge in [-0.05, 0) is 23.8 Å². The molecule has 0 bridgehead atoms. The van der Waals surface area contributed by atoms with Crippen LogP contribution < -0.4 is 10.1 Å². The predicted octanol–water partition coefficient (Wildman–Crippen LogP) is 0.954. The summed E-state index contributed by atoms with van der Waals surface area (Å²) in [5, 5.41) is 20.2. The molecule has 94 valence electrons. The third-order valence-corrected chi connectivity index (χ3v) is 3.01. The molecule has 18 heavy (non-hydrogen) atoms. The fourth-order valence-electron chi connectivity index (χ4n) is 1.30. The highest BCUT2D eigenvalue weighted by molar-refractivity contribution is 8.15. The van der Waals surface area contributed by atoms with Gasteiger partial charge in [0.15, 0.2) is 16.7 Å². The smallest absolute Gasteiger partial charge is 0.236 e. The number of amidine groups is 1. The lowest BCUT2D eigenvalue weighted by molar-refractivity contribution is -0.116. The van der Waals surface area contributed by atoms with Gasteiger partial charge in [-0.1, -0.05) is 11.8 Å². The van der Waals surface area contributed by atoms with Crippen LogP contribution >= 0.6 is 11.8 Å². The molecule has 1 amide bonds. The molecule has 1 heterocycles. The fourth-order valence-corrected chi connectivity index (χ4v) is 1.93. The van der Waals surface area contributed by atoms with Crippen LogP contribution in [-0.4, -0.2) is 35.3 Å². The fraction of sp³-hybridized carbons (Fsp3) is 0.182. The van der Waals surface area contributed by atoms with Crippen molar-refractivity contribution in [3.05, 3.63) is 23.8 Å². The first-order valence-electron chi connectivity index (χ1n) is 5.09. The average molecular weight is 265 g/mol. The zero-order chi connectivity index (χ0) is 13.0. The molecule has 1 saturated heterocycles. The first-order valence-corrected chi connectivity index (χ1v) is 6.08. The lowest BCUT2D eigenvalue weighted by atomic mass is 10.2. The van der Waals surface area contributed by atoms with Gasteiger partial charge in [0.25, 0.3) is 0 Å². The van der Waals surface area contributed by atoms with E-state index < -0.39 is 0 Å². The van der Waals surface area contributed by atoms with Gasteiger partial charge in [-0.3, -0.25) is 4.79 Å². The number of carbonyl (C=O) groups excluding carboxylic acids is 1. The molecule has 2 N–H and O–H groups in total. The van der Waals surface area contributed by atoms with Crippen LogP contribution in [0, 0.1) is 0 Å². The lowest BCUT2D eigenvalue weighted by Crippen LogP contribution is -2.19. The van der Waals surface area contributed by atoms with Crippen LogP contribution in [0.15, 0.2) is 28.4 Å². The minimum atomic E-state index is -0.0692. The number of carbonyl (C=O) groups is 1. The minimum absolute atomic E-state index is 0.0691. The molecule has 0 radical (unpaired) electrons. The highest BCUT2D eigenvalue weighted by Gasteiger charge is 2.15. The molecule has 1 aromatic rings. The number of hydrogen-bond donors (Lipinski definition) is 2. The summed E-state index contributed by atoms with van der Waals surface area (Å²) in [5.41, 5.74) is 0.739. The lowest BCUT2D eigenvalue weighted by Gasteiger charge is -2.02. The molecule has 0 aliphatic carbocycles. The number of ether oxygens (including phenoxy) is 1. The molecule has 7 heteroatoms. The monoisotopic (exact) mass is 265 g/mol. The Hall–Kier alpha value is -2.02. The van der Waals surface area contributed by atoms with Gasteiger partial charge in [-0.15, -0.1) is 5.10 Å². The number of benzene rings is 1. The zero-order valence-electron chi connectivity index (χ0n) is 9.58. The number of hydrogen-bond acceptors (Lipinski definition) is 6. The maximum Gasteiger partial charge on any atom is 0.236 e. The second-order valence-electron chi connectivity index (χ2n) is 3.42. The number of phenolic OH excluding ortho intramolecular Hbond substituents is 1. The van der Waals surface area contributed by atoms with Crippen LogP contribution in [0.5, 0.6) is 11.5 Å². The highest BCUT2D eigenvalue weighted by atomic mass is 32.2. The van der Waals surface area contributed by atoms with E-state index in [9.17, 15) is 9.90 Å². The number of aromatic hydroxyl groups is 1. The molecule has 0 unspecified atom stereocenters. The Morgan fingerprint density at radius 1 is 1.56 bits per heavy atom. The largest absolute Gasteiger partial charge is 0.504 e. The third-order valence-electron chi connectivity index (χ3n) is 2.15. The van der Waals surface area contributed by atoms with Crippen molar-refractivity contribution in [2.24, 2.45) is 10.2 Å². The molecule has 1 aliphatic heterocycles. The third kappa shape index (κ3) is 3.01. The quantitative estimate of drug-likeness (QED) is 0.629. The summed E-state index contributed by atoms with van der Waals surface area (Å²) in [5.74, 6) is 0.747. The second-order valence-corrected chi connectivity index (χ2v) is 4.38. The van der Waals surface area contributed by atoms with E-state index in [2.05, 4.69) is 15.5 Å². The summed E-state index contributed by atoms with van der Waals surface area (Å²) in [4.78, 5) is 10.9. The van der Waals surface area contributed by atoms with Crippen molar-refractivity contribution in [2.45, 2.75) is 0 Å². The Labute approximate surface area is 108 Å². The Bertz CT molecular complexity index is 528. The molecule has 2 rings (SSSR count).